The van der Waals surface area contributed by atoms with Gasteiger partial charge in [0.2, 0.25) is 10.0 Å². The zero-order chi connectivity index (χ0) is 15.4. The smallest absolute Gasteiger partial charge is 0.317 e. The fraction of sp³-hybridized carbons (Fsp3) is 1.00. The Bertz CT molecular complexity index is 390. The summed E-state index contributed by atoms with van der Waals surface area (Å²) < 4.78 is 61.4. The van der Waals surface area contributed by atoms with Crippen LogP contribution in [0.2, 0.25) is 0 Å². The van der Waals surface area contributed by atoms with Crippen LogP contribution >= 0.6 is 0 Å². The molecule has 0 aliphatic carbocycles. The molecule has 1 fully saturated rings. The van der Waals surface area contributed by atoms with E-state index in [0.717, 1.165) is 12.8 Å². The molecular weight excluding hydrogens is 293 g/mol. The highest BCUT2D eigenvalue weighted by molar-refractivity contribution is 7.89. The van der Waals surface area contributed by atoms with E-state index in [9.17, 15) is 21.6 Å². The van der Waals surface area contributed by atoms with Crippen molar-refractivity contribution in [2.75, 3.05) is 25.9 Å². The average Bonchev–Trinajstić information content (AvgIpc) is 2.36. The largest absolute Gasteiger partial charge is 0.389 e. The summed E-state index contributed by atoms with van der Waals surface area (Å²) in [6.07, 6.45) is -4.19. The van der Waals surface area contributed by atoms with Gasteiger partial charge in [0.15, 0.2) is 0 Å². The molecule has 0 radical (unpaired) electrons. The highest BCUT2D eigenvalue weighted by atomic mass is 32.2. The molecule has 1 aliphatic heterocycles. The first kappa shape index (κ1) is 17.7. The molecule has 0 amide bonds. The van der Waals surface area contributed by atoms with E-state index in [-0.39, 0.29) is 6.42 Å². The first-order chi connectivity index (χ1) is 9.15. The summed E-state index contributed by atoms with van der Waals surface area (Å²) in [5, 5.41) is 3.15. The molecule has 1 heterocycles. The van der Waals surface area contributed by atoms with Crippen LogP contribution in [0.3, 0.4) is 0 Å². The minimum Gasteiger partial charge on any atom is -0.317 e. The maximum atomic E-state index is 12.0. The Morgan fingerprint density at radius 1 is 1.30 bits per heavy atom. The van der Waals surface area contributed by atoms with Crippen LogP contribution < -0.4 is 5.32 Å². The van der Waals surface area contributed by atoms with Gasteiger partial charge in [0, 0.05) is 25.6 Å². The summed E-state index contributed by atoms with van der Waals surface area (Å²) in [6, 6.07) is 0.324. The van der Waals surface area contributed by atoms with Gasteiger partial charge in [-0.3, -0.25) is 0 Å². The highest BCUT2D eigenvalue weighted by Crippen LogP contribution is 2.25. The minimum absolute atomic E-state index is 0.324. The van der Waals surface area contributed by atoms with Gasteiger partial charge in [0.1, 0.15) is 0 Å². The molecule has 1 N–H and O–H groups in total. The monoisotopic (exact) mass is 316 g/mol. The number of sulfonamides is 1. The molecule has 4 nitrogen and oxygen atoms in total. The first-order valence-corrected chi connectivity index (χ1v) is 8.48. The molecule has 0 bridgehead atoms. The van der Waals surface area contributed by atoms with E-state index >= 15 is 0 Å². The summed E-state index contributed by atoms with van der Waals surface area (Å²) in [4.78, 5) is 0. The van der Waals surface area contributed by atoms with Crippen LogP contribution in [0.25, 0.3) is 0 Å². The third-order valence-corrected chi connectivity index (χ3v) is 5.87. The molecule has 1 atom stereocenters. The molecule has 1 unspecified atom stereocenters. The van der Waals surface area contributed by atoms with Gasteiger partial charge < -0.3 is 5.32 Å². The van der Waals surface area contributed by atoms with E-state index in [1.54, 1.807) is 0 Å². The molecule has 1 rings (SSSR count). The van der Waals surface area contributed by atoms with E-state index in [0.29, 0.717) is 25.0 Å². The van der Waals surface area contributed by atoms with Gasteiger partial charge in [0.25, 0.3) is 0 Å². The van der Waals surface area contributed by atoms with Crippen molar-refractivity contribution in [3.8, 4) is 0 Å². The van der Waals surface area contributed by atoms with Crippen LogP contribution in [0.15, 0.2) is 0 Å². The number of nitrogens with zero attached hydrogens (tertiary/aromatic N) is 1. The van der Waals surface area contributed by atoms with Crippen molar-refractivity contribution in [3.63, 3.8) is 0 Å². The molecule has 1 saturated heterocycles. The lowest BCUT2D eigenvalue weighted by Crippen LogP contribution is -2.44. The molecule has 8 heteroatoms. The second-order valence-electron chi connectivity index (χ2n) is 5.35. The molecule has 1 aliphatic rings. The maximum Gasteiger partial charge on any atom is 0.389 e. The lowest BCUT2D eigenvalue weighted by molar-refractivity contribution is -0.134. The normalized spacial score (nSPS) is 21.1. The quantitative estimate of drug-likeness (QED) is 0.815. The number of alkyl halides is 3. The van der Waals surface area contributed by atoms with Crippen LogP contribution in [0.4, 0.5) is 13.2 Å². The van der Waals surface area contributed by atoms with E-state index in [4.69, 9.17) is 0 Å². The van der Waals surface area contributed by atoms with Crippen LogP contribution in [-0.2, 0) is 10.0 Å². The summed E-state index contributed by atoms with van der Waals surface area (Å²) in [5.41, 5.74) is 0. The van der Waals surface area contributed by atoms with Crippen molar-refractivity contribution in [1.29, 1.82) is 0 Å². The number of nitrogens with one attached hydrogen (secondary N) is 1. The van der Waals surface area contributed by atoms with E-state index in [2.05, 4.69) is 12.2 Å². The second kappa shape index (κ2) is 7.09. The fourth-order valence-electron chi connectivity index (χ4n) is 2.47. The van der Waals surface area contributed by atoms with Gasteiger partial charge in [-0.25, -0.2) is 12.7 Å². The SMILES string of the molecule is CNC(C)C1CCN(S(=O)(=O)CCCC(F)(F)F)CC1. The third-order valence-electron chi connectivity index (χ3n) is 3.92. The molecular formula is C12H23F3N2O2S. The van der Waals surface area contributed by atoms with Crippen LogP contribution in [0.5, 0.6) is 0 Å². The summed E-state index contributed by atoms with van der Waals surface area (Å²) in [5.74, 6) is 0.000273. The fourth-order valence-corrected chi connectivity index (χ4v) is 4.01. The first-order valence-electron chi connectivity index (χ1n) is 6.87. The Labute approximate surface area is 118 Å². The Hall–Kier alpha value is -0.340. The van der Waals surface area contributed by atoms with E-state index in [1.807, 2.05) is 7.05 Å². The third kappa shape index (κ3) is 5.57. The van der Waals surface area contributed by atoms with E-state index in [1.165, 1.54) is 4.31 Å². The number of hydrogen-bond donors (Lipinski definition) is 1. The molecule has 0 aromatic rings. The van der Waals surface area contributed by atoms with E-state index < -0.39 is 28.4 Å². The van der Waals surface area contributed by atoms with Crippen LogP contribution in [-0.4, -0.2) is 50.8 Å². The van der Waals surface area contributed by atoms with Crippen molar-refractivity contribution in [2.24, 2.45) is 5.92 Å². The van der Waals surface area contributed by atoms with Crippen LogP contribution in [0, 0.1) is 5.92 Å². The molecule has 20 heavy (non-hydrogen) atoms. The summed E-state index contributed by atoms with van der Waals surface area (Å²) in [6.45, 7) is 2.87. The standard InChI is InChI=1S/C12H23F3N2O2S/c1-10(16-2)11-4-7-17(8-5-11)20(18,19)9-3-6-12(13,14)15/h10-11,16H,3-9H2,1-2H3. The second-order valence-corrected chi connectivity index (χ2v) is 7.44. The predicted octanol–water partition coefficient (Wildman–Crippen LogP) is 1.98. The number of rotatable bonds is 6. The van der Waals surface area contributed by atoms with Gasteiger partial charge in [-0.05, 0) is 39.2 Å². The topological polar surface area (TPSA) is 49.4 Å². The van der Waals surface area contributed by atoms with Crippen molar-refractivity contribution in [3.05, 3.63) is 0 Å². The molecule has 0 aromatic carbocycles. The lowest BCUT2D eigenvalue weighted by Gasteiger charge is -2.34. The van der Waals surface area contributed by atoms with Gasteiger partial charge in [-0.15, -0.1) is 0 Å². The average molecular weight is 316 g/mol. The molecule has 0 spiro atoms. The highest BCUT2D eigenvalue weighted by Gasteiger charge is 2.32. The lowest BCUT2D eigenvalue weighted by atomic mass is 9.91. The minimum atomic E-state index is -4.29. The van der Waals surface area contributed by atoms with Crippen molar-refractivity contribution in [2.45, 2.75) is 44.8 Å². The Kier molecular flexibility index (Phi) is 6.27. The summed E-state index contributed by atoms with van der Waals surface area (Å²) >= 11 is 0. The van der Waals surface area contributed by atoms with Gasteiger partial charge in [-0.2, -0.15) is 13.2 Å². The molecule has 0 aromatic heterocycles. The molecule has 120 valence electrons. The Balaban J connectivity index is 2.43. The Morgan fingerprint density at radius 3 is 2.30 bits per heavy atom. The van der Waals surface area contributed by atoms with Crippen molar-refractivity contribution < 1.29 is 21.6 Å². The zero-order valence-electron chi connectivity index (χ0n) is 11.9. The molecule has 0 saturated carbocycles. The number of piperidine rings is 1. The van der Waals surface area contributed by atoms with Gasteiger partial charge in [0.05, 0.1) is 5.75 Å². The van der Waals surface area contributed by atoms with Crippen molar-refractivity contribution >= 4 is 10.0 Å². The number of hydrogen-bond acceptors (Lipinski definition) is 3. The summed E-state index contributed by atoms with van der Waals surface area (Å²) in [7, 11) is -1.68. The van der Waals surface area contributed by atoms with Crippen molar-refractivity contribution in [1.82, 2.24) is 9.62 Å². The predicted molar refractivity (Wildman–Crippen MR) is 71.9 cm³/mol. The van der Waals surface area contributed by atoms with Crippen LogP contribution in [0.1, 0.15) is 32.6 Å². The van der Waals surface area contributed by atoms with Gasteiger partial charge in [-0.1, -0.05) is 0 Å². The zero-order valence-corrected chi connectivity index (χ0v) is 12.7. The van der Waals surface area contributed by atoms with Gasteiger partial charge >= 0.3 is 6.18 Å². The number of halogens is 3. The maximum absolute atomic E-state index is 12.0. The Morgan fingerprint density at radius 2 is 1.85 bits per heavy atom.